The van der Waals surface area contributed by atoms with Crippen LogP contribution in [0.3, 0.4) is 0 Å². The van der Waals surface area contributed by atoms with E-state index in [1.54, 1.807) is 43.3 Å². The smallest absolute Gasteiger partial charge is 0.360 e. The number of carbonyl (C=O) groups excluding carboxylic acids is 1. The lowest BCUT2D eigenvalue weighted by molar-refractivity contribution is -0.144. The fraction of sp³-hybridized carbons (Fsp3) is 0.167. The third kappa shape index (κ3) is 3.43. The number of nitrogens with zero attached hydrogens (tertiary/aromatic N) is 5. The van der Waals surface area contributed by atoms with Crippen LogP contribution in [-0.4, -0.2) is 22.6 Å². The molecule has 7 nitrogen and oxygen atoms in total. The van der Waals surface area contributed by atoms with Crippen LogP contribution in [0.1, 0.15) is 6.92 Å². The first-order valence-corrected chi connectivity index (χ1v) is 8.69. The first kappa shape index (κ1) is 17.6. The Balaban J connectivity index is 1.97. The fourth-order valence-corrected chi connectivity index (χ4v) is 3.16. The Labute approximate surface area is 155 Å². The number of amidine groups is 1. The largest absolute Gasteiger partial charge is 0.463 e. The summed E-state index contributed by atoms with van der Waals surface area (Å²) in [6.07, 6.45) is 0. The number of hydrogen-bond acceptors (Lipinski definition) is 8. The number of anilines is 1. The van der Waals surface area contributed by atoms with Gasteiger partial charge in [0.05, 0.1) is 18.0 Å². The standard InChI is InChI=1S/C18H15N5O2S/c1-2-25-16(24)18(13-19)23(15-11-7-4-8-12-15)22-17(26-18)21-20-14-9-5-3-6-10-14/h3-12H,2H2,1H3. The predicted octanol–water partition coefficient (Wildman–Crippen LogP) is 4.08. The second kappa shape index (κ2) is 7.80. The molecule has 26 heavy (non-hydrogen) atoms. The summed E-state index contributed by atoms with van der Waals surface area (Å²) in [4.78, 5) is 10.9. The number of para-hydroxylation sites is 1. The minimum Gasteiger partial charge on any atom is -0.463 e. The monoisotopic (exact) mass is 365 g/mol. The summed E-state index contributed by atoms with van der Waals surface area (Å²) in [5, 5.41) is 23.8. The topological polar surface area (TPSA) is 90.4 Å². The molecule has 8 heteroatoms. The van der Waals surface area contributed by atoms with Gasteiger partial charge < -0.3 is 4.74 Å². The van der Waals surface area contributed by atoms with Crippen LogP contribution < -0.4 is 5.01 Å². The minimum atomic E-state index is -1.68. The molecule has 0 saturated carbocycles. The van der Waals surface area contributed by atoms with Crippen molar-refractivity contribution in [1.82, 2.24) is 0 Å². The Bertz CT molecular complexity index is 879. The zero-order chi connectivity index (χ0) is 18.4. The van der Waals surface area contributed by atoms with Crippen LogP contribution in [0.25, 0.3) is 0 Å². The van der Waals surface area contributed by atoms with Crippen LogP contribution in [0.4, 0.5) is 11.4 Å². The number of ether oxygens (including phenoxy) is 1. The van der Waals surface area contributed by atoms with Gasteiger partial charge in [0.2, 0.25) is 5.17 Å². The summed E-state index contributed by atoms with van der Waals surface area (Å²) in [6, 6.07) is 20.1. The Hall–Kier alpha value is -3.18. The Morgan fingerprint density at radius 2 is 1.85 bits per heavy atom. The van der Waals surface area contributed by atoms with Gasteiger partial charge in [0.25, 0.3) is 4.87 Å². The van der Waals surface area contributed by atoms with Gasteiger partial charge in [-0.3, -0.25) is 0 Å². The van der Waals surface area contributed by atoms with E-state index >= 15 is 0 Å². The number of azo groups is 1. The highest BCUT2D eigenvalue weighted by molar-refractivity contribution is 8.16. The molecule has 3 rings (SSSR count). The molecule has 0 N–H and O–H groups in total. The number of carbonyl (C=O) groups is 1. The van der Waals surface area contributed by atoms with Crippen LogP contribution in [0.5, 0.6) is 0 Å². The maximum Gasteiger partial charge on any atom is 0.360 e. The molecule has 1 unspecified atom stereocenters. The molecular weight excluding hydrogens is 350 g/mol. The number of rotatable bonds is 4. The zero-order valence-electron chi connectivity index (χ0n) is 13.9. The second-order valence-electron chi connectivity index (χ2n) is 5.14. The van der Waals surface area contributed by atoms with Crippen molar-refractivity contribution in [3.05, 3.63) is 60.7 Å². The van der Waals surface area contributed by atoms with Gasteiger partial charge in [0.15, 0.2) is 0 Å². The van der Waals surface area contributed by atoms with Crippen molar-refractivity contribution in [1.29, 1.82) is 5.26 Å². The molecular formula is C18H15N5O2S. The normalized spacial score (nSPS) is 19.2. The molecule has 130 valence electrons. The Kier molecular flexibility index (Phi) is 5.29. The van der Waals surface area contributed by atoms with Crippen LogP contribution in [0, 0.1) is 11.3 Å². The van der Waals surface area contributed by atoms with Crippen LogP contribution >= 0.6 is 11.8 Å². The summed E-state index contributed by atoms with van der Waals surface area (Å²) in [7, 11) is 0. The van der Waals surface area contributed by atoms with Gasteiger partial charge in [0, 0.05) is 0 Å². The predicted molar refractivity (Wildman–Crippen MR) is 99.9 cm³/mol. The lowest BCUT2D eigenvalue weighted by Crippen LogP contribution is -2.47. The molecule has 0 amide bonds. The number of nitriles is 1. The number of hydrazone groups is 1. The highest BCUT2D eigenvalue weighted by Crippen LogP contribution is 2.41. The van der Waals surface area contributed by atoms with Crippen molar-refractivity contribution in [3.63, 3.8) is 0 Å². The van der Waals surface area contributed by atoms with Gasteiger partial charge in [-0.15, -0.1) is 15.3 Å². The average molecular weight is 365 g/mol. The zero-order valence-corrected chi connectivity index (χ0v) is 14.8. The van der Waals surface area contributed by atoms with Gasteiger partial charge in [-0.05, 0) is 43.0 Å². The summed E-state index contributed by atoms with van der Waals surface area (Å²) in [6.45, 7) is 1.85. The van der Waals surface area contributed by atoms with Gasteiger partial charge in [-0.2, -0.15) is 5.26 Å². The van der Waals surface area contributed by atoms with Crippen LogP contribution in [0.2, 0.25) is 0 Å². The molecule has 0 aromatic heterocycles. The molecule has 1 aliphatic heterocycles. The third-order valence-electron chi connectivity index (χ3n) is 3.43. The van der Waals surface area contributed by atoms with Crippen molar-refractivity contribution < 1.29 is 9.53 Å². The molecule has 0 aliphatic carbocycles. The van der Waals surface area contributed by atoms with Gasteiger partial charge in [-0.25, -0.2) is 9.80 Å². The van der Waals surface area contributed by atoms with E-state index < -0.39 is 10.8 Å². The number of benzene rings is 2. The fourth-order valence-electron chi connectivity index (χ4n) is 2.27. The summed E-state index contributed by atoms with van der Waals surface area (Å²) < 4.78 is 5.11. The summed E-state index contributed by atoms with van der Waals surface area (Å²) in [5.41, 5.74) is 1.23. The van der Waals surface area contributed by atoms with Crippen molar-refractivity contribution >= 4 is 34.3 Å². The molecule has 1 aliphatic rings. The summed E-state index contributed by atoms with van der Waals surface area (Å²) >= 11 is 0.908. The van der Waals surface area contributed by atoms with Crippen molar-refractivity contribution in [2.75, 3.05) is 11.6 Å². The van der Waals surface area contributed by atoms with E-state index in [-0.39, 0.29) is 11.8 Å². The summed E-state index contributed by atoms with van der Waals surface area (Å²) in [5.74, 6) is -0.690. The van der Waals surface area contributed by atoms with Crippen molar-refractivity contribution in [2.24, 2.45) is 15.3 Å². The van der Waals surface area contributed by atoms with Crippen LogP contribution in [0.15, 0.2) is 76.0 Å². The molecule has 0 fully saturated rings. The van der Waals surface area contributed by atoms with Crippen LogP contribution in [-0.2, 0) is 9.53 Å². The Morgan fingerprint density at radius 3 is 2.46 bits per heavy atom. The van der Waals surface area contributed by atoms with E-state index in [0.717, 1.165) is 11.8 Å². The molecule has 0 bridgehead atoms. The van der Waals surface area contributed by atoms with Gasteiger partial charge in [0.1, 0.15) is 6.07 Å². The maximum absolute atomic E-state index is 12.5. The van der Waals surface area contributed by atoms with E-state index in [1.807, 2.05) is 30.3 Å². The molecule has 0 saturated heterocycles. The number of hydrogen-bond donors (Lipinski definition) is 0. The highest BCUT2D eigenvalue weighted by Gasteiger charge is 2.54. The number of thioether (sulfide) groups is 1. The average Bonchev–Trinajstić information content (AvgIpc) is 3.08. The van der Waals surface area contributed by atoms with Gasteiger partial charge in [-0.1, -0.05) is 36.4 Å². The van der Waals surface area contributed by atoms with Crippen molar-refractivity contribution in [2.45, 2.75) is 11.8 Å². The number of esters is 1. The molecule has 2 aromatic rings. The van der Waals surface area contributed by atoms with Crippen molar-refractivity contribution in [3.8, 4) is 6.07 Å². The quantitative estimate of drug-likeness (QED) is 0.601. The Morgan fingerprint density at radius 1 is 1.19 bits per heavy atom. The third-order valence-corrected chi connectivity index (χ3v) is 4.51. The second-order valence-corrected chi connectivity index (χ2v) is 6.30. The SMILES string of the molecule is CCOC(=O)C1(C#N)SC(N=Nc2ccccc2)=NN1c1ccccc1. The maximum atomic E-state index is 12.5. The molecule has 0 spiro atoms. The molecule has 1 atom stereocenters. The molecule has 1 heterocycles. The lowest BCUT2D eigenvalue weighted by Gasteiger charge is -2.27. The van der Waals surface area contributed by atoms with Gasteiger partial charge >= 0.3 is 5.97 Å². The van der Waals surface area contributed by atoms with E-state index in [2.05, 4.69) is 15.3 Å². The first-order valence-electron chi connectivity index (χ1n) is 7.88. The van der Waals surface area contributed by atoms with E-state index in [9.17, 15) is 10.1 Å². The van der Waals surface area contributed by atoms with E-state index in [1.165, 1.54) is 5.01 Å². The van der Waals surface area contributed by atoms with E-state index in [0.29, 0.717) is 11.4 Å². The highest BCUT2D eigenvalue weighted by atomic mass is 32.2. The molecule has 2 aromatic carbocycles. The lowest BCUT2D eigenvalue weighted by atomic mass is 10.2. The van der Waals surface area contributed by atoms with E-state index in [4.69, 9.17) is 4.74 Å². The molecule has 0 radical (unpaired) electrons. The first-order chi connectivity index (χ1) is 12.7. The minimum absolute atomic E-state index is 0.159.